The number of morpholine rings is 1. The molecule has 110 valence electrons. The highest BCUT2D eigenvalue weighted by Gasteiger charge is 2.20. The molecular formula is C15H21FN2O2. The Morgan fingerprint density at radius 3 is 2.55 bits per heavy atom. The topological polar surface area (TPSA) is 32.8 Å². The Morgan fingerprint density at radius 1 is 1.35 bits per heavy atom. The zero-order chi connectivity index (χ0) is 14.5. The lowest BCUT2D eigenvalue weighted by molar-refractivity contribution is -0.136. The number of likely N-dealkylation sites (N-methyl/N-ethyl adjacent to an activating group) is 1. The van der Waals surface area contributed by atoms with E-state index in [2.05, 4.69) is 0 Å². The van der Waals surface area contributed by atoms with Gasteiger partial charge in [-0.15, -0.1) is 0 Å². The van der Waals surface area contributed by atoms with Gasteiger partial charge >= 0.3 is 0 Å². The van der Waals surface area contributed by atoms with Crippen molar-refractivity contribution in [1.29, 1.82) is 0 Å². The molecule has 1 aromatic rings. The summed E-state index contributed by atoms with van der Waals surface area (Å²) < 4.78 is 18.2. The van der Waals surface area contributed by atoms with Crippen LogP contribution in [0.5, 0.6) is 0 Å². The lowest BCUT2D eigenvalue weighted by Crippen LogP contribution is -2.45. The van der Waals surface area contributed by atoms with Gasteiger partial charge in [-0.2, -0.15) is 0 Å². The Bertz CT molecular complexity index is 444. The monoisotopic (exact) mass is 280 g/mol. The molecule has 1 atom stereocenters. The number of nitrogens with zero attached hydrogens (tertiary/aromatic N) is 2. The normalized spacial score (nSPS) is 17.3. The van der Waals surface area contributed by atoms with Gasteiger partial charge in [0.05, 0.1) is 19.8 Å². The minimum absolute atomic E-state index is 0.0700. The van der Waals surface area contributed by atoms with Crippen molar-refractivity contribution in [2.75, 3.05) is 39.9 Å². The third kappa shape index (κ3) is 3.77. The van der Waals surface area contributed by atoms with E-state index in [9.17, 15) is 9.18 Å². The highest BCUT2D eigenvalue weighted by Crippen LogP contribution is 2.18. The second kappa shape index (κ2) is 6.81. The highest BCUT2D eigenvalue weighted by atomic mass is 19.1. The molecule has 20 heavy (non-hydrogen) atoms. The second-order valence-electron chi connectivity index (χ2n) is 5.14. The number of carbonyl (C=O) groups is 1. The molecule has 1 aromatic carbocycles. The van der Waals surface area contributed by atoms with Crippen LogP contribution in [0.3, 0.4) is 0 Å². The van der Waals surface area contributed by atoms with Crippen LogP contribution < -0.4 is 0 Å². The van der Waals surface area contributed by atoms with Crippen molar-refractivity contribution in [3.8, 4) is 0 Å². The molecule has 0 spiro atoms. The first kappa shape index (κ1) is 14.9. The molecule has 1 fully saturated rings. The first-order valence-electron chi connectivity index (χ1n) is 6.89. The van der Waals surface area contributed by atoms with E-state index in [4.69, 9.17) is 4.74 Å². The smallest absolute Gasteiger partial charge is 0.236 e. The zero-order valence-corrected chi connectivity index (χ0v) is 12.0. The van der Waals surface area contributed by atoms with Gasteiger partial charge in [-0.05, 0) is 31.7 Å². The average Bonchev–Trinajstić information content (AvgIpc) is 2.48. The van der Waals surface area contributed by atoms with Crippen LogP contribution >= 0.6 is 0 Å². The van der Waals surface area contributed by atoms with Crippen molar-refractivity contribution in [2.45, 2.75) is 13.0 Å². The molecule has 4 nitrogen and oxygen atoms in total. The van der Waals surface area contributed by atoms with Gasteiger partial charge in [-0.1, -0.05) is 12.1 Å². The summed E-state index contributed by atoms with van der Waals surface area (Å²) in [4.78, 5) is 16.0. The Hall–Kier alpha value is -1.46. The standard InChI is InChI=1S/C15H21FN2O2/c1-12(13-3-5-14(16)6-4-13)17(2)11-15(19)18-7-9-20-10-8-18/h3-6,12H,7-11H2,1-2H3. The van der Waals surface area contributed by atoms with Crippen LogP contribution in [0.25, 0.3) is 0 Å². The molecule has 2 rings (SSSR count). The van der Waals surface area contributed by atoms with E-state index in [-0.39, 0.29) is 17.8 Å². The van der Waals surface area contributed by atoms with Crippen LogP contribution in [-0.2, 0) is 9.53 Å². The average molecular weight is 280 g/mol. The maximum Gasteiger partial charge on any atom is 0.236 e. The van der Waals surface area contributed by atoms with Crippen LogP contribution in [0.15, 0.2) is 24.3 Å². The van der Waals surface area contributed by atoms with Gasteiger partial charge in [0, 0.05) is 19.1 Å². The van der Waals surface area contributed by atoms with Crippen LogP contribution in [0.2, 0.25) is 0 Å². The molecule has 0 aromatic heterocycles. The molecule has 0 radical (unpaired) electrons. The first-order chi connectivity index (χ1) is 9.58. The number of benzene rings is 1. The van der Waals surface area contributed by atoms with Crippen LogP contribution in [0.4, 0.5) is 4.39 Å². The Labute approximate surface area is 119 Å². The molecule has 0 bridgehead atoms. The molecule has 1 aliphatic rings. The van der Waals surface area contributed by atoms with Gasteiger partial charge in [0.25, 0.3) is 0 Å². The SMILES string of the molecule is CC(c1ccc(F)cc1)N(C)CC(=O)N1CCOCC1. The molecule has 1 unspecified atom stereocenters. The third-order valence-corrected chi connectivity index (χ3v) is 3.76. The van der Waals surface area contributed by atoms with E-state index in [0.29, 0.717) is 32.8 Å². The van der Waals surface area contributed by atoms with Gasteiger partial charge in [0.2, 0.25) is 5.91 Å². The third-order valence-electron chi connectivity index (χ3n) is 3.76. The molecule has 0 aliphatic carbocycles. The molecule has 5 heteroatoms. The molecule has 0 N–H and O–H groups in total. The maximum absolute atomic E-state index is 12.9. The first-order valence-corrected chi connectivity index (χ1v) is 6.89. The largest absolute Gasteiger partial charge is 0.378 e. The second-order valence-corrected chi connectivity index (χ2v) is 5.14. The minimum atomic E-state index is -0.243. The summed E-state index contributed by atoms with van der Waals surface area (Å²) in [5, 5.41) is 0. The van der Waals surface area contributed by atoms with Gasteiger partial charge in [0.15, 0.2) is 0 Å². The molecule has 1 aliphatic heterocycles. The predicted molar refractivity (Wildman–Crippen MR) is 74.8 cm³/mol. The van der Waals surface area contributed by atoms with Crippen molar-refractivity contribution in [1.82, 2.24) is 9.80 Å². The van der Waals surface area contributed by atoms with Crippen molar-refractivity contribution >= 4 is 5.91 Å². The van der Waals surface area contributed by atoms with Crippen molar-refractivity contribution in [3.63, 3.8) is 0 Å². The van der Waals surface area contributed by atoms with Gasteiger partial charge in [-0.3, -0.25) is 9.69 Å². The summed E-state index contributed by atoms with van der Waals surface area (Å²) in [5.41, 5.74) is 1.00. The fraction of sp³-hybridized carbons (Fsp3) is 0.533. The fourth-order valence-corrected chi connectivity index (χ4v) is 2.26. The Balaban J connectivity index is 1.91. The van der Waals surface area contributed by atoms with E-state index in [1.54, 1.807) is 12.1 Å². The van der Waals surface area contributed by atoms with Gasteiger partial charge in [-0.25, -0.2) is 4.39 Å². The van der Waals surface area contributed by atoms with E-state index < -0.39 is 0 Å². The lowest BCUT2D eigenvalue weighted by atomic mass is 10.1. The number of amides is 1. The summed E-state index contributed by atoms with van der Waals surface area (Å²) in [6.07, 6.45) is 0. The molecular weight excluding hydrogens is 259 g/mol. The summed E-state index contributed by atoms with van der Waals surface area (Å²) in [6.45, 7) is 4.93. The van der Waals surface area contributed by atoms with Crippen LogP contribution in [-0.4, -0.2) is 55.6 Å². The Kier molecular flexibility index (Phi) is 5.09. The number of halogens is 1. The van der Waals surface area contributed by atoms with Crippen molar-refractivity contribution < 1.29 is 13.9 Å². The van der Waals surface area contributed by atoms with Crippen LogP contribution in [0.1, 0.15) is 18.5 Å². The van der Waals surface area contributed by atoms with Crippen molar-refractivity contribution in [3.05, 3.63) is 35.6 Å². The van der Waals surface area contributed by atoms with Crippen molar-refractivity contribution in [2.24, 2.45) is 0 Å². The van der Waals surface area contributed by atoms with Gasteiger partial charge in [0.1, 0.15) is 5.82 Å². The number of carbonyl (C=O) groups excluding carboxylic acids is 1. The lowest BCUT2D eigenvalue weighted by Gasteiger charge is -2.31. The van der Waals surface area contributed by atoms with E-state index in [0.717, 1.165) is 5.56 Å². The number of ether oxygens (including phenoxy) is 1. The molecule has 0 saturated carbocycles. The molecule has 1 amide bonds. The van der Waals surface area contributed by atoms with Gasteiger partial charge < -0.3 is 9.64 Å². The molecule has 1 saturated heterocycles. The summed E-state index contributed by atoms with van der Waals surface area (Å²) >= 11 is 0. The summed E-state index contributed by atoms with van der Waals surface area (Å²) in [6, 6.07) is 6.49. The predicted octanol–water partition coefficient (Wildman–Crippen LogP) is 1.68. The number of hydrogen-bond donors (Lipinski definition) is 0. The van der Waals surface area contributed by atoms with Crippen LogP contribution in [0, 0.1) is 5.82 Å². The number of rotatable bonds is 4. The quantitative estimate of drug-likeness (QED) is 0.841. The number of hydrogen-bond acceptors (Lipinski definition) is 3. The molecule has 1 heterocycles. The van der Waals surface area contributed by atoms with E-state index >= 15 is 0 Å². The summed E-state index contributed by atoms with van der Waals surface area (Å²) in [7, 11) is 1.91. The van der Waals surface area contributed by atoms with E-state index in [1.807, 2.05) is 23.8 Å². The highest BCUT2D eigenvalue weighted by molar-refractivity contribution is 5.78. The minimum Gasteiger partial charge on any atom is -0.378 e. The summed E-state index contributed by atoms with van der Waals surface area (Å²) in [5.74, 6) is -0.127. The fourth-order valence-electron chi connectivity index (χ4n) is 2.26. The Morgan fingerprint density at radius 2 is 1.95 bits per heavy atom. The van der Waals surface area contributed by atoms with E-state index in [1.165, 1.54) is 12.1 Å². The maximum atomic E-state index is 12.9. The zero-order valence-electron chi connectivity index (χ0n) is 12.0.